The molecule has 0 unspecified atom stereocenters. The number of benzene rings is 1. The molecule has 1 heterocycles. The number of ether oxygens (including phenoxy) is 1. The van der Waals surface area contributed by atoms with Crippen molar-refractivity contribution in [3.05, 3.63) is 34.4 Å². The zero-order valence-corrected chi connectivity index (χ0v) is 9.82. The van der Waals surface area contributed by atoms with E-state index in [4.69, 9.17) is 9.15 Å². The third-order valence-corrected chi connectivity index (χ3v) is 2.60. The number of phenols is 1. The Morgan fingerprint density at radius 1 is 1.35 bits per heavy atom. The number of hydrogen-bond donors (Lipinski definition) is 1. The summed E-state index contributed by atoms with van der Waals surface area (Å²) in [6, 6.07) is 4.88. The molecule has 0 atom stereocenters. The lowest BCUT2D eigenvalue weighted by Gasteiger charge is -2.05. The zero-order valence-electron chi connectivity index (χ0n) is 9.82. The first kappa shape index (κ1) is 11.5. The van der Waals surface area contributed by atoms with Gasteiger partial charge in [-0.1, -0.05) is 6.92 Å². The van der Waals surface area contributed by atoms with Gasteiger partial charge in [-0.15, -0.1) is 0 Å². The molecule has 2 aromatic rings. The number of rotatable bonds is 3. The van der Waals surface area contributed by atoms with Crippen LogP contribution in [0.3, 0.4) is 0 Å². The molecule has 0 bridgehead atoms. The highest BCUT2D eigenvalue weighted by molar-refractivity contribution is 5.88. The number of fused-ring (bicyclic) bond motifs is 1. The second-order valence-corrected chi connectivity index (χ2v) is 3.86. The Balaban J connectivity index is 2.73. The molecule has 0 amide bonds. The first-order valence-corrected chi connectivity index (χ1v) is 5.49. The Labute approximate surface area is 98.4 Å². The molecule has 1 N–H and O–H groups in total. The summed E-state index contributed by atoms with van der Waals surface area (Å²) in [6.45, 7) is 2.01. The van der Waals surface area contributed by atoms with Gasteiger partial charge in [0.1, 0.15) is 22.6 Å². The highest BCUT2D eigenvalue weighted by Crippen LogP contribution is 2.28. The molecule has 90 valence electrons. The molecule has 2 rings (SSSR count). The van der Waals surface area contributed by atoms with Gasteiger partial charge in [0.15, 0.2) is 0 Å². The van der Waals surface area contributed by atoms with Gasteiger partial charge in [0, 0.05) is 12.5 Å². The normalized spacial score (nSPS) is 10.7. The van der Waals surface area contributed by atoms with Crippen LogP contribution in [0.1, 0.15) is 19.1 Å². The minimum Gasteiger partial charge on any atom is -0.507 e. The van der Waals surface area contributed by atoms with Crippen LogP contribution >= 0.6 is 0 Å². The van der Waals surface area contributed by atoms with Crippen LogP contribution in [0, 0.1) is 0 Å². The smallest absolute Gasteiger partial charge is 0.347 e. The minimum atomic E-state index is -0.508. The summed E-state index contributed by atoms with van der Waals surface area (Å²) < 4.78 is 10.2. The molecule has 4 nitrogen and oxygen atoms in total. The van der Waals surface area contributed by atoms with Crippen LogP contribution in [0.4, 0.5) is 0 Å². The van der Waals surface area contributed by atoms with Gasteiger partial charge in [-0.2, -0.15) is 0 Å². The summed E-state index contributed by atoms with van der Waals surface area (Å²) in [6.07, 6.45) is 1.59. The van der Waals surface area contributed by atoms with Crippen LogP contribution < -0.4 is 10.4 Å². The van der Waals surface area contributed by atoms with Crippen molar-refractivity contribution in [2.24, 2.45) is 0 Å². The first-order valence-electron chi connectivity index (χ1n) is 5.49. The van der Waals surface area contributed by atoms with Crippen molar-refractivity contribution in [1.82, 2.24) is 0 Å². The SMILES string of the molecule is CCCc1cc2cc(OC)cc(O)c2c(=O)o1. The highest BCUT2D eigenvalue weighted by atomic mass is 16.5. The monoisotopic (exact) mass is 234 g/mol. The molecule has 0 aliphatic heterocycles. The summed E-state index contributed by atoms with van der Waals surface area (Å²) in [5, 5.41) is 10.6. The second-order valence-electron chi connectivity index (χ2n) is 3.86. The highest BCUT2D eigenvalue weighted by Gasteiger charge is 2.10. The Hall–Kier alpha value is -1.97. The molecule has 0 aliphatic rings. The quantitative estimate of drug-likeness (QED) is 0.886. The fourth-order valence-electron chi connectivity index (χ4n) is 1.82. The van der Waals surface area contributed by atoms with Gasteiger partial charge >= 0.3 is 5.63 Å². The van der Waals surface area contributed by atoms with Crippen molar-refractivity contribution in [3.63, 3.8) is 0 Å². The van der Waals surface area contributed by atoms with Crippen LogP contribution in [0.5, 0.6) is 11.5 Å². The third kappa shape index (κ3) is 2.11. The number of aromatic hydroxyl groups is 1. The van der Waals surface area contributed by atoms with Crippen LogP contribution in [0.2, 0.25) is 0 Å². The fraction of sp³-hybridized carbons (Fsp3) is 0.308. The summed E-state index contributed by atoms with van der Waals surface area (Å²) in [5.74, 6) is 1.02. The molecule has 0 fully saturated rings. The predicted octanol–water partition coefficient (Wildman–Crippen LogP) is 2.46. The van der Waals surface area contributed by atoms with Crippen LogP contribution in [0.25, 0.3) is 10.8 Å². The molecule has 0 saturated carbocycles. The van der Waals surface area contributed by atoms with Crippen molar-refractivity contribution < 1.29 is 14.3 Å². The van der Waals surface area contributed by atoms with E-state index in [1.807, 2.05) is 6.92 Å². The minimum absolute atomic E-state index is 0.115. The first-order chi connectivity index (χ1) is 8.15. The van der Waals surface area contributed by atoms with Gasteiger partial charge in [0.05, 0.1) is 7.11 Å². The largest absolute Gasteiger partial charge is 0.507 e. The lowest BCUT2D eigenvalue weighted by molar-refractivity contribution is 0.408. The van der Waals surface area contributed by atoms with E-state index in [1.165, 1.54) is 13.2 Å². The number of methoxy groups -OCH3 is 1. The van der Waals surface area contributed by atoms with Gasteiger partial charge < -0.3 is 14.3 Å². The Morgan fingerprint density at radius 2 is 2.12 bits per heavy atom. The zero-order chi connectivity index (χ0) is 12.4. The molecule has 1 aromatic heterocycles. The maximum atomic E-state index is 11.7. The molecule has 4 heteroatoms. The van der Waals surface area contributed by atoms with Gasteiger partial charge in [0.2, 0.25) is 0 Å². The fourth-order valence-corrected chi connectivity index (χ4v) is 1.82. The Morgan fingerprint density at radius 3 is 2.76 bits per heavy atom. The van der Waals surface area contributed by atoms with E-state index < -0.39 is 5.63 Å². The van der Waals surface area contributed by atoms with E-state index in [2.05, 4.69) is 0 Å². The molecule has 0 spiro atoms. The van der Waals surface area contributed by atoms with E-state index in [0.29, 0.717) is 23.3 Å². The summed E-state index contributed by atoms with van der Waals surface area (Å²) in [5.41, 5.74) is -0.508. The third-order valence-electron chi connectivity index (χ3n) is 2.60. The molecule has 0 aliphatic carbocycles. The van der Waals surface area contributed by atoms with Gasteiger partial charge in [-0.3, -0.25) is 0 Å². The molecular formula is C13H14O4. The lowest BCUT2D eigenvalue weighted by Crippen LogP contribution is -2.02. The summed E-state index contributed by atoms with van der Waals surface area (Å²) >= 11 is 0. The van der Waals surface area contributed by atoms with Crippen molar-refractivity contribution >= 4 is 10.8 Å². The number of phenolic OH excluding ortho intramolecular Hbond substituents is 1. The molecular weight excluding hydrogens is 220 g/mol. The van der Waals surface area contributed by atoms with E-state index in [9.17, 15) is 9.90 Å². The molecule has 0 saturated heterocycles. The maximum Gasteiger partial charge on any atom is 0.347 e. The van der Waals surface area contributed by atoms with Gasteiger partial charge in [0.25, 0.3) is 0 Å². The van der Waals surface area contributed by atoms with Crippen LogP contribution in [-0.4, -0.2) is 12.2 Å². The van der Waals surface area contributed by atoms with Crippen LogP contribution in [-0.2, 0) is 6.42 Å². The van der Waals surface area contributed by atoms with Crippen molar-refractivity contribution in [1.29, 1.82) is 0 Å². The average molecular weight is 234 g/mol. The van der Waals surface area contributed by atoms with E-state index in [-0.39, 0.29) is 11.1 Å². The summed E-state index contributed by atoms with van der Waals surface area (Å²) in [7, 11) is 1.51. The van der Waals surface area contributed by atoms with Gasteiger partial charge in [-0.05, 0) is 23.9 Å². The van der Waals surface area contributed by atoms with E-state index in [1.54, 1.807) is 12.1 Å². The topological polar surface area (TPSA) is 59.7 Å². The van der Waals surface area contributed by atoms with Crippen LogP contribution in [0.15, 0.2) is 27.4 Å². The van der Waals surface area contributed by atoms with Gasteiger partial charge in [-0.25, -0.2) is 4.79 Å². The van der Waals surface area contributed by atoms with Crippen molar-refractivity contribution in [3.8, 4) is 11.5 Å². The number of hydrogen-bond acceptors (Lipinski definition) is 4. The Bertz CT molecular complexity index is 598. The van der Waals surface area contributed by atoms with E-state index >= 15 is 0 Å². The Kier molecular flexibility index (Phi) is 3.04. The van der Waals surface area contributed by atoms with Crippen molar-refractivity contribution in [2.75, 3.05) is 7.11 Å². The average Bonchev–Trinajstić information content (AvgIpc) is 2.28. The maximum absolute atomic E-state index is 11.7. The summed E-state index contributed by atoms with van der Waals surface area (Å²) in [4.78, 5) is 11.7. The van der Waals surface area contributed by atoms with Crippen molar-refractivity contribution in [2.45, 2.75) is 19.8 Å². The predicted molar refractivity (Wildman–Crippen MR) is 64.7 cm³/mol. The number of aryl methyl sites for hydroxylation is 1. The standard InChI is InChI=1S/C13H14O4/c1-3-4-9-5-8-6-10(16-2)7-11(14)12(8)13(15)17-9/h5-7,14H,3-4H2,1-2H3. The van der Waals surface area contributed by atoms with E-state index in [0.717, 1.165) is 6.42 Å². The molecule has 17 heavy (non-hydrogen) atoms. The molecule has 0 radical (unpaired) electrons. The second kappa shape index (κ2) is 4.49. The lowest BCUT2D eigenvalue weighted by atomic mass is 10.1. The molecule has 1 aromatic carbocycles.